The molecule has 0 aliphatic rings. The molecule has 0 bridgehead atoms. The maximum Gasteiger partial charge on any atom is 0.229 e. The van der Waals surface area contributed by atoms with Crippen LogP contribution in [0.4, 0.5) is 5.82 Å². The Hall–Kier alpha value is -3.05. The number of hydrogen-bond donors (Lipinski definition) is 1. The van der Waals surface area contributed by atoms with Crippen molar-refractivity contribution >= 4 is 33.3 Å². The van der Waals surface area contributed by atoms with Crippen LogP contribution in [0.1, 0.15) is 11.1 Å². The van der Waals surface area contributed by atoms with Crippen LogP contribution in [-0.4, -0.2) is 15.9 Å². The molecular formula is C21H17N3OS. The molecule has 0 spiro atoms. The first-order chi connectivity index (χ1) is 12.7. The van der Waals surface area contributed by atoms with Gasteiger partial charge < -0.3 is 5.32 Å². The minimum Gasteiger partial charge on any atom is -0.310 e. The number of carbonyl (C=O) groups excluding carboxylic acids is 1. The third-order valence-electron chi connectivity index (χ3n) is 4.06. The van der Waals surface area contributed by atoms with Gasteiger partial charge in [0.2, 0.25) is 5.91 Å². The van der Waals surface area contributed by atoms with Crippen LogP contribution in [0.5, 0.6) is 0 Å². The molecule has 26 heavy (non-hydrogen) atoms. The van der Waals surface area contributed by atoms with Crippen molar-refractivity contribution in [3.05, 3.63) is 78.0 Å². The first-order valence-electron chi connectivity index (χ1n) is 8.35. The Morgan fingerprint density at radius 3 is 2.58 bits per heavy atom. The van der Waals surface area contributed by atoms with Crippen molar-refractivity contribution in [3.63, 3.8) is 0 Å². The Morgan fingerprint density at radius 2 is 1.85 bits per heavy atom. The van der Waals surface area contributed by atoms with Gasteiger partial charge in [0.1, 0.15) is 10.8 Å². The largest absolute Gasteiger partial charge is 0.310 e. The van der Waals surface area contributed by atoms with Gasteiger partial charge in [-0.05, 0) is 36.8 Å². The number of thiazole rings is 1. The molecule has 128 valence electrons. The van der Waals surface area contributed by atoms with Gasteiger partial charge in [-0.2, -0.15) is 0 Å². The van der Waals surface area contributed by atoms with E-state index in [9.17, 15) is 4.79 Å². The summed E-state index contributed by atoms with van der Waals surface area (Å²) in [4.78, 5) is 21.2. The summed E-state index contributed by atoms with van der Waals surface area (Å²) >= 11 is 1.63. The molecule has 4 nitrogen and oxygen atoms in total. The van der Waals surface area contributed by atoms with Crippen LogP contribution in [0.15, 0.2) is 66.9 Å². The topological polar surface area (TPSA) is 54.9 Å². The molecule has 2 heterocycles. The first kappa shape index (κ1) is 16.4. The first-order valence-corrected chi connectivity index (χ1v) is 9.16. The monoisotopic (exact) mass is 359 g/mol. The van der Waals surface area contributed by atoms with Crippen LogP contribution in [0.2, 0.25) is 0 Å². The van der Waals surface area contributed by atoms with E-state index in [1.165, 1.54) is 5.56 Å². The fourth-order valence-electron chi connectivity index (χ4n) is 2.67. The molecule has 1 N–H and O–H groups in total. The van der Waals surface area contributed by atoms with Crippen molar-refractivity contribution < 1.29 is 4.79 Å². The maximum absolute atomic E-state index is 12.2. The lowest BCUT2D eigenvalue weighted by molar-refractivity contribution is -0.115. The molecular weight excluding hydrogens is 342 g/mol. The second-order valence-electron chi connectivity index (χ2n) is 6.13. The highest BCUT2D eigenvalue weighted by molar-refractivity contribution is 7.21. The number of aryl methyl sites for hydroxylation is 1. The van der Waals surface area contributed by atoms with E-state index >= 15 is 0 Å². The number of carbonyl (C=O) groups is 1. The van der Waals surface area contributed by atoms with E-state index in [0.29, 0.717) is 12.2 Å². The summed E-state index contributed by atoms with van der Waals surface area (Å²) < 4.78 is 1.15. The standard InChI is InChI=1S/C21H17N3OS/c1-14-6-8-15(9-7-14)12-20(25)24-19-11-10-16(13-22-19)21-23-17-4-2-3-5-18(17)26-21/h2-11,13H,12H2,1H3,(H,22,24,25). The van der Waals surface area contributed by atoms with Crippen molar-refractivity contribution in [3.8, 4) is 10.6 Å². The Morgan fingerprint density at radius 1 is 1.04 bits per heavy atom. The van der Waals surface area contributed by atoms with Gasteiger partial charge in [0.15, 0.2) is 0 Å². The molecule has 0 radical (unpaired) electrons. The summed E-state index contributed by atoms with van der Waals surface area (Å²) in [6, 6.07) is 19.8. The molecule has 0 aliphatic heterocycles. The molecule has 0 atom stereocenters. The average Bonchev–Trinajstić information content (AvgIpc) is 3.08. The summed E-state index contributed by atoms with van der Waals surface area (Å²) in [5.74, 6) is 0.473. The molecule has 5 heteroatoms. The van der Waals surface area contributed by atoms with Gasteiger partial charge in [-0.3, -0.25) is 4.79 Å². The predicted molar refractivity (Wildman–Crippen MR) is 106 cm³/mol. The van der Waals surface area contributed by atoms with Gasteiger partial charge in [0, 0.05) is 11.8 Å². The number of pyridine rings is 1. The van der Waals surface area contributed by atoms with E-state index in [4.69, 9.17) is 0 Å². The molecule has 0 unspecified atom stereocenters. The van der Waals surface area contributed by atoms with E-state index in [2.05, 4.69) is 21.4 Å². The van der Waals surface area contributed by atoms with E-state index in [1.807, 2.05) is 61.5 Å². The van der Waals surface area contributed by atoms with Crippen molar-refractivity contribution in [1.82, 2.24) is 9.97 Å². The summed E-state index contributed by atoms with van der Waals surface area (Å²) in [5.41, 5.74) is 4.10. The number of para-hydroxylation sites is 1. The van der Waals surface area contributed by atoms with Crippen LogP contribution in [0, 0.1) is 6.92 Å². The fourth-order valence-corrected chi connectivity index (χ4v) is 3.62. The maximum atomic E-state index is 12.2. The number of anilines is 1. The number of fused-ring (bicyclic) bond motifs is 1. The molecule has 4 rings (SSSR count). The predicted octanol–water partition coefficient (Wildman–Crippen LogP) is 4.85. The minimum atomic E-state index is -0.0749. The Balaban J connectivity index is 1.45. The summed E-state index contributed by atoms with van der Waals surface area (Å²) in [6.45, 7) is 2.03. The lowest BCUT2D eigenvalue weighted by atomic mass is 10.1. The highest BCUT2D eigenvalue weighted by Crippen LogP contribution is 2.29. The zero-order chi connectivity index (χ0) is 17.9. The molecule has 0 aliphatic carbocycles. The van der Waals surface area contributed by atoms with E-state index in [0.717, 1.165) is 26.4 Å². The molecule has 4 aromatic rings. The zero-order valence-electron chi connectivity index (χ0n) is 14.3. The normalized spacial score (nSPS) is 10.8. The number of hydrogen-bond acceptors (Lipinski definition) is 4. The Bertz CT molecular complexity index is 1020. The Labute approximate surface area is 155 Å². The SMILES string of the molecule is Cc1ccc(CC(=O)Nc2ccc(-c3nc4ccccc4s3)cn2)cc1. The van der Waals surface area contributed by atoms with Crippen LogP contribution in [-0.2, 0) is 11.2 Å². The molecule has 2 aromatic carbocycles. The van der Waals surface area contributed by atoms with Crippen LogP contribution < -0.4 is 5.32 Å². The molecule has 2 aromatic heterocycles. The van der Waals surface area contributed by atoms with Crippen molar-refractivity contribution in [1.29, 1.82) is 0 Å². The quantitative estimate of drug-likeness (QED) is 0.567. The summed E-state index contributed by atoms with van der Waals surface area (Å²) in [5, 5.41) is 3.77. The third kappa shape index (κ3) is 3.63. The van der Waals surface area contributed by atoms with Gasteiger partial charge in [-0.25, -0.2) is 9.97 Å². The van der Waals surface area contributed by atoms with Gasteiger partial charge in [0.25, 0.3) is 0 Å². The number of aromatic nitrogens is 2. The van der Waals surface area contributed by atoms with E-state index in [-0.39, 0.29) is 5.91 Å². The van der Waals surface area contributed by atoms with Crippen LogP contribution in [0.25, 0.3) is 20.8 Å². The lowest BCUT2D eigenvalue weighted by Gasteiger charge is -2.05. The summed E-state index contributed by atoms with van der Waals surface area (Å²) in [7, 11) is 0. The minimum absolute atomic E-state index is 0.0749. The third-order valence-corrected chi connectivity index (χ3v) is 5.14. The molecule has 0 saturated carbocycles. The fraction of sp³-hybridized carbons (Fsp3) is 0.0952. The van der Waals surface area contributed by atoms with Gasteiger partial charge >= 0.3 is 0 Å². The second kappa shape index (κ2) is 7.06. The summed E-state index contributed by atoms with van der Waals surface area (Å²) in [6.07, 6.45) is 2.08. The van der Waals surface area contributed by atoms with E-state index in [1.54, 1.807) is 17.5 Å². The van der Waals surface area contributed by atoms with Crippen molar-refractivity contribution in [2.24, 2.45) is 0 Å². The number of nitrogens with one attached hydrogen (secondary N) is 1. The van der Waals surface area contributed by atoms with Gasteiger partial charge in [0.05, 0.1) is 16.6 Å². The number of rotatable bonds is 4. The van der Waals surface area contributed by atoms with Gasteiger partial charge in [-0.1, -0.05) is 42.0 Å². The van der Waals surface area contributed by atoms with Gasteiger partial charge in [-0.15, -0.1) is 11.3 Å². The molecule has 0 saturated heterocycles. The van der Waals surface area contributed by atoms with Crippen molar-refractivity contribution in [2.45, 2.75) is 13.3 Å². The van der Waals surface area contributed by atoms with E-state index < -0.39 is 0 Å². The van der Waals surface area contributed by atoms with Crippen LogP contribution in [0.3, 0.4) is 0 Å². The Kier molecular flexibility index (Phi) is 4.46. The molecule has 1 amide bonds. The van der Waals surface area contributed by atoms with Crippen LogP contribution >= 0.6 is 11.3 Å². The van der Waals surface area contributed by atoms with Crippen molar-refractivity contribution in [2.75, 3.05) is 5.32 Å². The highest BCUT2D eigenvalue weighted by atomic mass is 32.1. The highest BCUT2D eigenvalue weighted by Gasteiger charge is 2.08. The lowest BCUT2D eigenvalue weighted by Crippen LogP contribution is -2.15. The number of amides is 1. The smallest absolute Gasteiger partial charge is 0.229 e. The second-order valence-corrected chi connectivity index (χ2v) is 7.16. The number of nitrogens with zero attached hydrogens (tertiary/aromatic N) is 2. The molecule has 0 fully saturated rings. The average molecular weight is 359 g/mol. The zero-order valence-corrected chi connectivity index (χ0v) is 15.1. The number of benzene rings is 2.